The Morgan fingerprint density at radius 2 is 1.95 bits per heavy atom. The van der Waals surface area contributed by atoms with E-state index >= 15 is 0 Å². The molecule has 21 heavy (non-hydrogen) atoms. The lowest BCUT2D eigenvalue weighted by Crippen LogP contribution is -2.33. The first-order chi connectivity index (χ1) is 10.4. The fraction of sp³-hybridized carbons (Fsp3) is 0.647. The molecule has 1 fully saturated rings. The number of aromatic nitrogens is 1. The molecule has 0 radical (unpaired) electrons. The highest BCUT2D eigenvalue weighted by Crippen LogP contribution is 2.25. The minimum atomic E-state index is 0.537. The molecule has 4 heteroatoms. The molecule has 1 aliphatic carbocycles. The summed E-state index contributed by atoms with van der Waals surface area (Å²) in [6, 6.07) is 4.22. The zero-order chi connectivity index (χ0) is 14.5. The minimum absolute atomic E-state index is 0.537. The van der Waals surface area contributed by atoms with E-state index in [1.165, 1.54) is 50.8 Å². The standard InChI is InChI=1S/C17H23N3O/c18-13-15-12-14-6-2-3-7-16(14)19-17(15)21-11-10-20-8-4-1-5-9-20/h12H,1-11H2. The summed E-state index contributed by atoms with van der Waals surface area (Å²) >= 11 is 0. The van der Waals surface area contributed by atoms with Crippen LogP contribution >= 0.6 is 0 Å². The van der Waals surface area contributed by atoms with Crippen LogP contribution in [0.3, 0.4) is 0 Å². The molecule has 112 valence electrons. The van der Waals surface area contributed by atoms with Crippen molar-refractivity contribution < 1.29 is 4.74 Å². The van der Waals surface area contributed by atoms with Crippen molar-refractivity contribution in [2.24, 2.45) is 0 Å². The second kappa shape index (κ2) is 6.91. The summed E-state index contributed by atoms with van der Waals surface area (Å²) in [5, 5.41) is 9.29. The van der Waals surface area contributed by atoms with Gasteiger partial charge in [0.25, 0.3) is 0 Å². The van der Waals surface area contributed by atoms with Crippen LogP contribution in [0.1, 0.15) is 48.9 Å². The molecule has 2 heterocycles. The third-order valence-corrected chi connectivity index (χ3v) is 4.48. The number of ether oxygens (including phenoxy) is 1. The van der Waals surface area contributed by atoms with Crippen LogP contribution in [0.2, 0.25) is 0 Å². The molecule has 1 aliphatic heterocycles. The van der Waals surface area contributed by atoms with Crippen molar-refractivity contribution in [3.05, 3.63) is 22.9 Å². The number of fused-ring (bicyclic) bond motifs is 1. The third kappa shape index (κ3) is 3.54. The number of nitriles is 1. The molecule has 0 bridgehead atoms. The van der Waals surface area contributed by atoms with Gasteiger partial charge in [0.1, 0.15) is 18.2 Å². The summed E-state index contributed by atoms with van der Waals surface area (Å²) in [5.74, 6) is 0.537. The van der Waals surface area contributed by atoms with Crippen LogP contribution in [0, 0.1) is 11.3 Å². The van der Waals surface area contributed by atoms with Crippen molar-refractivity contribution in [3.8, 4) is 11.9 Å². The number of hydrogen-bond donors (Lipinski definition) is 0. The molecule has 0 N–H and O–H groups in total. The van der Waals surface area contributed by atoms with E-state index in [2.05, 4.69) is 16.0 Å². The highest BCUT2D eigenvalue weighted by Gasteiger charge is 2.16. The van der Waals surface area contributed by atoms with Crippen LogP contribution in [0.5, 0.6) is 5.88 Å². The first-order valence-electron chi connectivity index (χ1n) is 8.15. The van der Waals surface area contributed by atoms with E-state index in [1.807, 2.05) is 6.07 Å². The van der Waals surface area contributed by atoms with E-state index in [-0.39, 0.29) is 0 Å². The van der Waals surface area contributed by atoms with E-state index in [1.54, 1.807) is 0 Å². The van der Waals surface area contributed by atoms with Gasteiger partial charge < -0.3 is 4.74 Å². The van der Waals surface area contributed by atoms with Crippen molar-refractivity contribution in [1.29, 1.82) is 5.26 Å². The molecule has 0 amide bonds. The lowest BCUT2D eigenvalue weighted by molar-refractivity contribution is 0.180. The van der Waals surface area contributed by atoms with Crippen molar-refractivity contribution >= 4 is 0 Å². The van der Waals surface area contributed by atoms with E-state index in [0.29, 0.717) is 18.1 Å². The number of hydrogen-bond acceptors (Lipinski definition) is 4. The van der Waals surface area contributed by atoms with Crippen LogP contribution in [0.4, 0.5) is 0 Å². The van der Waals surface area contributed by atoms with Gasteiger partial charge in [0.2, 0.25) is 5.88 Å². The number of rotatable bonds is 4. The topological polar surface area (TPSA) is 49.1 Å². The number of aryl methyl sites for hydroxylation is 2. The van der Waals surface area contributed by atoms with Crippen LogP contribution in [0.15, 0.2) is 6.07 Å². The molecular weight excluding hydrogens is 262 g/mol. The molecule has 1 aromatic rings. The van der Waals surface area contributed by atoms with Crippen LogP contribution in [0.25, 0.3) is 0 Å². The van der Waals surface area contributed by atoms with E-state index in [9.17, 15) is 5.26 Å². The summed E-state index contributed by atoms with van der Waals surface area (Å²) in [6.07, 6.45) is 8.39. The van der Waals surface area contributed by atoms with Gasteiger partial charge in [-0.3, -0.25) is 4.90 Å². The lowest BCUT2D eigenvalue weighted by Gasteiger charge is -2.26. The molecule has 0 atom stereocenters. The number of pyridine rings is 1. The van der Waals surface area contributed by atoms with Gasteiger partial charge in [-0.15, -0.1) is 0 Å². The van der Waals surface area contributed by atoms with Gasteiger partial charge in [-0.2, -0.15) is 5.26 Å². The average molecular weight is 285 g/mol. The summed E-state index contributed by atoms with van der Waals surface area (Å²) in [5.41, 5.74) is 2.96. The lowest BCUT2D eigenvalue weighted by atomic mass is 9.95. The average Bonchev–Trinajstić information content (AvgIpc) is 2.55. The zero-order valence-corrected chi connectivity index (χ0v) is 12.6. The van der Waals surface area contributed by atoms with Gasteiger partial charge >= 0.3 is 0 Å². The molecule has 4 nitrogen and oxygen atoms in total. The Morgan fingerprint density at radius 3 is 2.76 bits per heavy atom. The molecule has 1 saturated heterocycles. The number of likely N-dealkylation sites (tertiary alicyclic amines) is 1. The predicted molar refractivity (Wildman–Crippen MR) is 81.4 cm³/mol. The first-order valence-corrected chi connectivity index (χ1v) is 8.15. The predicted octanol–water partition coefficient (Wildman–Crippen LogP) is 2.70. The van der Waals surface area contributed by atoms with Gasteiger partial charge in [0.05, 0.1) is 0 Å². The largest absolute Gasteiger partial charge is 0.475 e. The second-order valence-corrected chi connectivity index (χ2v) is 6.02. The van der Waals surface area contributed by atoms with Crippen molar-refractivity contribution in [3.63, 3.8) is 0 Å². The maximum absolute atomic E-state index is 9.29. The first kappa shape index (κ1) is 14.3. The molecule has 1 aromatic heterocycles. The fourth-order valence-electron chi connectivity index (χ4n) is 3.26. The smallest absolute Gasteiger partial charge is 0.231 e. The normalized spacial score (nSPS) is 18.8. The van der Waals surface area contributed by atoms with Gasteiger partial charge in [-0.1, -0.05) is 6.42 Å². The maximum atomic E-state index is 9.29. The molecule has 0 unspecified atom stereocenters. The maximum Gasteiger partial charge on any atom is 0.231 e. The Labute approximate surface area is 126 Å². The summed E-state index contributed by atoms with van der Waals surface area (Å²) in [7, 11) is 0. The Hall–Kier alpha value is -1.60. The van der Waals surface area contributed by atoms with Gasteiger partial charge in [0, 0.05) is 12.2 Å². The quantitative estimate of drug-likeness (QED) is 0.853. The van der Waals surface area contributed by atoms with Crippen LogP contribution < -0.4 is 4.74 Å². The third-order valence-electron chi connectivity index (χ3n) is 4.48. The fourth-order valence-corrected chi connectivity index (χ4v) is 3.26. The molecule has 0 aromatic carbocycles. The summed E-state index contributed by atoms with van der Waals surface area (Å²) in [4.78, 5) is 7.04. The highest BCUT2D eigenvalue weighted by molar-refractivity contribution is 5.43. The Morgan fingerprint density at radius 1 is 1.14 bits per heavy atom. The van der Waals surface area contributed by atoms with Gasteiger partial charge in [-0.05, 0) is 63.2 Å². The highest BCUT2D eigenvalue weighted by atomic mass is 16.5. The minimum Gasteiger partial charge on any atom is -0.475 e. The van der Waals surface area contributed by atoms with Crippen molar-refractivity contribution in [2.45, 2.75) is 44.9 Å². The Kier molecular flexibility index (Phi) is 4.72. The van der Waals surface area contributed by atoms with E-state index in [0.717, 1.165) is 25.1 Å². The Balaban J connectivity index is 1.62. The van der Waals surface area contributed by atoms with Crippen molar-refractivity contribution in [1.82, 2.24) is 9.88 Å². The summed E-state index contributed by atoms with van der Waals surface area (Å²) in [6.45, 7) is 3.91. The molecular formula is C17H23N3O. The monoisotopic (exact) mass is 285 g/mol. The zero-order valence-electron chi connectivity index (χ0n) is 12.6. The van der Waals surface area contributed by atoms with E-state index < -0.39 is 0 Å². The molecule has 0 saturated carbocycles. The second-order valence-electron chi connectivity index (χ2n) is 6.02. The molecule has 3 rings (SSSR count). The SMILES string of the molecule is N#Cc1cc2c(nc1OCCN1CCCCC1)CCCC2. The van der Waals surface area contributed by atoms with E-state index in [4.69, 9.17) is 4.74 Å². The number of piperidine rings is 1. The van der Waals surface area contributed by atoms with Crippen LogP contribution in [-0.4, -0.2) is 36.1 Å². The summed E-state index contributed by atoms with van der Waals surface area (Å²) < 4.78 is 5.82. The molecule has 2 aliphatic rings. The van der Waals surface area contributed by atoms with Crippen LogP contribution in [-0.2, 0) is 12.8 Å². The van der Waals surface area contributed by atoms with Gasteiger partial charge in [-0.25, -0.2) is 4.98 Å². The van der Waals surface area contributed by atoms with Crippen molar-refractivity contribution in [2.75, 3.05) is 26.2 Å². The number of nitrogens with zero attached hydrogens (tertiary/aromatic N) is 3. The Bertz CT molecular complexity index is 530. The molecule has 0 spiro atoms. The van der Waals surface area contributed by atoms with Gasteiger partial charge in [0.15, 0.2) is 0 Å².